The van der Waals surface area contributed by atoms with Crippen LogP contribution in [0.3, 0.4) is 0 Å². The van der Waals surface area contributed by atoms with Crippen molar-refractivity contribution in [3.63, 3.8) is 0 Å². The molecule has 2 N–H and O–H groups in total. The minimum absolute atomic E-state index is 0.0760. The van der Waals surface area contributed by atoms with Crippen molar-refractivity contribution in [1.29, 1.82) is 0 Å². The first-order valence-electron chi connectivity index (χ1n) is 16.6. The summed E-state index contributed by atoms with van der Waals surface area (Å²) in [5.74, 6) is -1.87. The molecule has 11 heteroatoms. The second-order valence-electron chi connectivity index (χ2n) is 16.7. The molecule has 0 aromatic heterocycles. The Morgan fingerprint density at radius 2 is 1.53 bits per heavy atom. The van der Waals surface area contributed by atoms with Gasteiger partial charge in [-0.25, -0.2) is 9.69 Å². The fraction of sp³-hybridized carbons (Fsp3) is 0.553. The van der Waals surface area contributed by atoms with Gasteiger partial charge in [0.2, 0.25) is 5.91 Å². The van der Waals surface area contributed by atoms with E-state index < -0.39 is 40.7 Å². The lowest BCUT2D eigenvalue weighted by atomic mass is 9.84. The van der Waals surface area contributed by atoms with E-state index in [0.717, 1.165) is 24.2 Å². The molecule has 4 amide bonds. The highest BCUT2D eigenvalue weighted by Gasteiger charge is 2.55. The lowest BCUT2D eigenvalue weighted by Crippen LogP contribution is -2.55. The molecule has 3 rings (SSSR count). The summed E-state index contributed by atoms with van der Waals surface area (Å²) >= 11 is 6.37. The number of halogens is 1. The zero-order valence-corrected chi connectivity index (χ0v) is 31.5. The Morgan fingerprint density at radius 3 is 2.08 bits per heavy atom. The Hall–Kier alpha value is -3.92. The normalized spacial score (nSPS) is 15.5. The highest BCUT2D eigenvalue weighted by Crippen LogP contribution is 2.33. The molecular weight excluding hydrogens is 646 g/mol. The van der Waals surface area contributed by atoms with E-state index in [1.165, 1.54) is 31.5 Å². The maximum atomic E-state index is 13.6. The average Bonchev–Trinajstić information content (AvgIpc) is 3.13. The number of benzene rings is 2. The van der Waals surface area contributed by atoms with Crippen LogP contribution in [0.4, 0.5) is 16.2 Å². The molecule has 0 spiro atoms. The maximum absolute atomic E-state index is 13.6. The minimum atomic E-state index is -1.80. The van der Waals surface area contributed by atoms with E-state index in [4.69, 9.17) is 21.1 Å². The summed E-state index contributed by atoms with van der Waals surface area (Å²) in [5.41, 5.74) is 0.477. The van der Waals surface area contributed by atoms with Gasteiger partial charge in [0.15, 0.2) is 17.4 Å². The third-order valence-corrected chi connectivity index (χ3v) is 7.99. The Bertz CT molecular complexity index is 1600. The second kappa shape index (κ2) is 14.9. The van der Waals surface area contributed by atoms with Crippen molar-refractivity contribution < 1.29 is 33.4 Å². The Balaban J connectivity index is 1.67. The average molecular weight is 698 g/mol. The summed E-state index contributed by atoms with van der Waals surface area (Å²) < 4.78 is 11.3. The van der Waals surface area contributed by atoms with E-state index in [9.17, 15) is 24.0 Å². The number of ketones is 1. The SMILES string of the molecule is CC(C)(C)Cc1ccc(OCCCC(=O)Nc2ccc(Cl)c(NC(=O)[C@H](C(=O)C(C)(C)C)N3C(=O)OC(C)(C)C3=O)c2)c(CC(C)(C)C)c1. The summed E-state index contributed by atoms with van der Waals surface area (Å²) in [5, 5.41) is 5.49. The summed E-state index contributed by atoms with van der Waals surface area (Å²) in [4.78, 5) is 66.0. The number of nitrogens with zero attached hydrogens (tertiary/aromatic N) is 1. The quantitative estimate of drug-likeness (QED) is 0.170. The van der Waals surface area contributed by atoms with Crippen LogP contribution in [0.5, 0.6) is 5.75 Å². The third kappa shape index (κ3) is 11.0. The summed E-state index contributed by atoms with van der Waals surface area (Å²) in [6, 6.07) is 9.06. The molecule has 1 heterocycles. The molecule has 1 aliphatic rings. The van der Waals surface area contributed by atoms with E-state index in [2.05, 4.69) is 64.3 Å². The topological polar surface area (TPSA) is 131 Å². The second-order valence-corrected chi connectivity index (χ2v) is 17.1. The Kier molecular flexibility index (Phi) is 12.0. The first-order valence-corrected chi connectivity index (χ1v) is 17.0. The fourth-order valence-corrected chi connectivity index (χ4v) is 5.58. The van der Waals surface area contributed by atoms with Gasteiger partial charge in [0, 0.05) is 17.5 Å². The number of nitrogens with one attached hydrogen (secondary N) is 2. The standard InChI is InChI=1S/C38H52ClN3O7/c1-35(2,3)21-23-14-17-28(24(19-23)22-36(4,5)6)48-18-12-13-29(43)40-25-15-16-26(39)27(20-25)41-32(45)30(31(44)37(7,8)9)42-33(46)38(10,11)49-34(42)47/h14-17,19-20,30H,12-13,18,21-22H2,1-11H3,(H,40,43)(H,41,45)/t30-/m0/s1. The van der Waals surface area contributed by atoms with Gasteiger partial charge in [-0.3, -0.25) is 19.2 Å². The van der Waals surface area contributed by atoms with Crippen LogP contribution in [0.2, 0.25) is 5.02 Å². The van der Waals surface area contributed by atoms with E-state index in [0.29, 0.717) is 23.6 Å². The highest BCUT2D eigenvalue weighted by molar-refractivity contribution is 6.34. The number of amides is 4. The van der Waals surface area contributed by atoms with Crippen LogP contribution < -0.4 is 15.4 Å². The number of anilines is 2. The van der Waals surface area contributed by atoms with Crippen LogP contribution in [-0.4, -0.2) is 52.7 Å². The molecule has 1 atom stereocenters. The van der Waals surface area contributed by atoms with Gasteiger partial charge >= 0.3 is 6.09 Å². The smallest absolute Gasteiger partial charge is 0.418 e. The molecule has 0 radical (unpaired) electrons. The number of rotatable bonds is 12. The molecule has 1 fully saturated rings. The van der Waals surface area contributed by atoms with Gasteiger partial charge in [-0.05, 0) is 79.3 Å². The number of cyclic esters (lactones) is 1. The largest absolute Gasteiger partial charge is 0.493 e. The van der Waals surface area contributed by atoms with Crippen LogP contribution in [0.1, 0.15) is 100 Å². The minimum Gasteiger partial charge on any atom is -0.493 e. The molecule has 0 saturated carbocycles. The van der Waals surface area contributed by atoms with Crippen LogP contribution in [0.15, 0.2) is 36.4 Å². The number of carbonyl (C=O) groups is 5. The first-order chi connectivity index (χ1) is 22.4. The van der Waals surface area contributed by atoms with Gasteiger partial charge < -0.3 is 20.1 Å². The first kappa shape index (κ1) is 39.5. The van der Waals surface area contributed by atoms with Gasteiger partial charge in [0.1, 0.15) is 5.75 Å². The molecule has 10 nitrogen and oxygen atoms in total. The van der Waals surface area contributed by atoms with Crippen molar-refractivity contribution in [2.24, 2.45) is 16.2 Å². The van der Waals surface area contributed by atoms with Crippen molar-refractivity contribution in [2.75, 3.05) is 17.2 Å². The predicted molar refractivity (Wildman–Crippen MR) is 192 cm³/mol. The zero-order chi connectivity index (χ0) is 37.1. The third-order valence-electron chi connectivity index (χ3n) is 7.66. The van der Waals surface area contributed by atoms with E-state index >= 15 is 0 Å². The van der Waals surface area contributed by atoms with Crippen molar-refractivity contribution >= 4 is 52.6 Å². The molecule has 2 aromatic carbocycles. The zero-order valence-electron chi connectivity index (χ0n) is 30.8. The molecule has 1 saturated heterocycles. The fourth-order valence-electron chi connectivity index (χ4n) is 5.41. The monoisotopic (exact) mass is 697 g/mol. The van der Waals surface area contributed by atoms with Gasteiger partial charge in [-0.1, -0.05) is 86.0 Å². The summed E-state index contributed by atoms with van der Waals surface area (Å²) in [7, 11) is 0. The number of carbonyl (C=O) groups excluding carboxylic acids is 5. The predicted octanol–water partition coefficient (Wildman–Crippen LogP) is 7.99. The molecular formula is C38H52ClN3O7. The van der Waals surface area contributed by atoms with Gasteiger partial charge in [-0.2, -0.15) is 0 Å². The van der Waals surface area contributed by atoms with Crippen molar-refractivity contribution in [2.45, 2.75) is 113 Å². The molecule has 0 unspecified atom stereocenters. The summed E-state index contributed by atoms with van der Waals surface area (Å²) in [6.07, 6.45) is 1.37. The number of ether oxygens (including phenoxy) is 2. The number of hydrogen-bond donors (Lipinski definition) is 2. The van der Waals surface area contributed by atoms with Crippen molar-refractivity contribution in [3.8, 4) is 5.75 Å². The Labute approximate surface area is 295 Å². The molecule has 268 valence electrons. The molecule has 0 bridgehead atoms. The number of Topliss-reactive ketones (excluding diaryl/α,β-unsaturated/α-hetero) is 1. The van der Waals surface area contributed by atoms with E-state index in [1.807, 2.05) is 6.07 Å². The maximum Gasteiger partial charge on any atom is 0.418 e. The van der Waals surface area contributed by atoms with Crippen LogP contribution in [-0.2, 0) is 36.8 Å². The molecule has 0 aliphatic carbocycles. The lowest BCUT2D eigenvalue weighted by molar-refractivity contribution is -0.145. The van der Waals surface area contributed by atoms with Crippen LogP contribution in [0.25, 0.3) is 0 Å². The van der Waals surface area contributed by atoms with Crippen LogP contribution in [0, 0.1) is 16.2 Å². The number of hydrogen-bond acceptors (Lipinski definition) is 7. The molecule has 2 aromatic rings. The number of imide groups is 1. The lowest BCUT2D eigenvalue weighted by Gasteiger charge is -2.28. The van der Waals surface area contributed by atoms with Gasteiger partial charge in [0.25, 0.3) is 11.8 Å². The summed E-state index contributed by atoms with van der Waals surface area (Å²) in [6.45, 7) is 21.1. The Morgan fingerprint density at radius 1 is 0.898 bits per heavy atom. The van der Waals surface area contributed by atoms with Crippen LogP contribution >= 0.6 is 11.6 Å². The molecule has 1 aliphatic heterocycles. The van der Waals surface area contributed by atoms with Gasteiger partial charge in [0.05, 0.1) is 17.3 Å². The van der Waals surface area contributed by atoms with E-state index in [-0.39, 0.29) is 33.9 Å². The highest BCUT2D eigenvalue weighted by atomic mass is 35.5. The van der Waals surface area contributed by atoms with Gasteiger partial charge in [-0.15, -0.1) is 0 Å². The molecule has 49 heavy (non-hydrogen) atoms. The van der Waals surface area contributed by atoms with Crippen molar-refractivity contribution in [3.05, 3.63) is 52.5 Å². The van der Waals surface area contributed by atoms with Crippen molar-refractivity contribution in [1.82, 2.24) is 4.90 Å². The van der Waals surface area contributed by atoms with E-state index in [1.54, 1.807) is 26.8 Å².